The van der Waals surface area contributed by atoms with Gasteiger partial charge in [-0.1, -0.05) is 20.8 Å². The molecule has 24 heavy (non-hydrogen) atoms. The third-order valence-corrected chi connectivity index (χ3v) is 4.19. The van der Waals surface area contributed by atoms with Gasteiger partial charge in [0.15, 0.2) is 5.65 Å². The monoisotopic (exact) mass is 329 g/mol. The highest BCUT2D eigenvalue weighted by atomic mass is 16.2. The van der Waals surface area contributed by atoms with Gasteiger partial charge in [0.05, 0.1) is 12.1 Å². The Balaban J connectivity index is 1.73. The molecule has 0 atom stereocenters. The molecule has 7 heteroatoms. The largest absolute Gasteiger partial charge is 0.343 e. The van der Waals surface area contributed by atoms with Crippen LogP contribution in [0, 0.1) is 0 Å². The number of likely N-dealkylation sites (tertiary alicyclic amines) is 1. The van der Waals surface area contributed by atoms with Crippen molar-refractivity contribution in [1.29, 1.82) is 0 Å². The van der Waals surface area contributed by atoms with Crippen molar-refractivity contribution in [2.75, 3.05) is 19.6 Å². The Bertz CT molecular complexity index is 769. The molecule has 128 valence electrons. The number of fused-ring (bicyclic) bond motifs is 1. The summed E-state index contributed by atoms with van der Waals surface area (Å²) < 4.78 is 1.83. The predicted octanol–water partition coefficient (Wildman–Crippen LogP) is 1.38. The fraction of sp³-hybridized carbons (Fsp3) is 0.529. The molecule has 0 aliphatic carbocycles. The predicted molar refractivity (Wildman–Crippen MR) is 89.8 cm³/mol. The van der Waals surface area contributed by atoms with Crippen LogP contribution in [0.3, 0.4) is 0 Å². The molecule has 0 bridgehead atoms. The van der Waals surface area contributed by atoms with E-state index in [1.165, 1.54) is 0 Å². The maximum atomic E-state index is 12.4. The standard InChI is InChI=1S/C17H23N5O2/c1-17(2,3)16-20-19-13-7-6-12(11-22(13)16)15(24)18-10-14(23)21-8-4-5-9-21/h6-7,11H,4-5,8-10H2,1-3H3,(H,18,24). The van der Waals surface area contributed by atoms with E-state index in [1.54, 1.807) is 23.2 Å². The molecule has 1 saturated heterocycles. The van der Waals surface area contributed by atoms with Crippen molar-refractivity contribution in [3.05, 3.63) is 29.7 Å². The van der Waals surface area contributed by atoms with Crippen molar-refractivity contribution in [2.45, 2.75) is 39.0 Å². The van der Waals surface area contributed by atoms with Crippen molar-refractivity contribution < 1.29 is 9.59 Å². The van der Waals surface area contributed by atoms with Crippen LogP contribution >= 0.6 is 0 Å². The number of hydrogen-bond acceptors (Lipinski definition) is 4. The topological polar surface area (TPSA) is 79.6 Å². The average Bonchev–Trinajstić information content (AvgIpc) is 3.19. The van der Waals surface area contributed by atoms with Crippen LogP contribution in [0.4, 0.5) is 0 Å². The van der Waals surface area contributed by atoms with Crippen LogP contribution in [0.25, 0.3) is 5.65 Å². The van der Waals surface area contributed by atoms with Gasteiger partial charge in [0.2, 0.25) is 5.91 Å². The highest BCUT2D eigenvalue weighted by Gasteiger charge is 2.22. The highest BCUT2D eigenvalue weighted by Crippen LogP contribution is 2.21. The zero-order valence-corrected chi connectivity index (χ0v) is 14.4. The van der Waals surface area contributed by atoms with E-state index in [4.69, 9.17) is 0 Å². The fourth-order valence-electron chi connectivity index (χ4n) is 2.87. The van der Waals surface area contributed by atoms with E-state index < -0.39 is 0 Å². The summed E-state index contributed by atoms with van der Waals surface area (Å²) in [6, 6.07) is 3.46. The lowest BCUT2D eigenvalue weighted by atomic mass is 9.96. The fourth-order valence-corrected chi connectivity index (χ4v) is 2.87. The minimum absolute atomic E-state index is 0.0263. The summed E-state index contributed by atoms with van der Waals surface area (Å²) in [6.45, 7) is 7.75. The Kier molecular flexibility index (Phi) is 4.26. The number of nitrogens with zero attached hydrogens (tertiary/aromatic N) is 4. The molecule has 1 fully saturated rings. The highest BCUT2D eigenvalue weighted by molar-refractivity contribution is 5.96. The molecule has 1 N–H and O–H groups in total. The van der Waals surface area contributed by atoms with Gasteiger partial charge in [-0.25, -0.2) is 0 Å². The Morgan fingerprint density at radius 2 is 1.88 bits per heavy atom. The minimum Gasteiger partial charge on any atom is -0.343 e. The first-order chi connectivity index (χ1) is 11.4. The van der Waals surface area contributed by atoms with E-state index in [-0.39, 0.29) is 23.8 Å². The van der Waals surface area contributed by atoms with Crippen molar-refractivity contribution in [3.63, 3.8) is 0 Å². The SMILES string of the molecule is CC(C)(C)c1nnc2ccc(C(=O)NCC(=O)N3CCCC3)cn12. The minimum atomic E-state index is -0.266. The molecule has 0 aromatic carbocycles. The zero-order chi connectivity index (χ0) is 17.3. The summed E-state index contributed by atoms with van der Waals surface area (Å²) in [7, 11) is 0. The Morgan fingerprint density at radius 1 is 1.17 bits per heavy atom. The van der Waals surface area contributed by atoms with Gasteiger partial charge in [0, 0.05) is 24.7 Å². The Labute approximate surface area is 141 Å². The third-order valence-electron chi connectivity index (χ3n) is 4.19. The number of aromatic nitrogens is 3. The number of nitrogens with one attached hydrogen (secondary N) is 1. The quantitative estimate of drug-likeness (QED) is 0.922. The molecule has 0 saturated carbocycles. The molecule has 1 aliphatic heterocycles. The van der Waals surface area contributed by atoms with Gasteiger partial charge in [-0.2, -0.15) is 0 Å². The summed E-state index contributed by atoms with van der Waals surface area (Å²) in [4.78, 5) is 26.2. The van der Waals surface area contributed by atoms with Gasteiger partial charge in [-0.15, -0.1) is 10.2 Å². The van der Waals surface area contributed by atoms with Gasteiger partial charge in [0.1, 0.15) is 5.82 Å². The molecule has 3 rings (SSSR count). The molecule has 7 nitrogen and oxygen atoms in total. The second-order valence-corrected chi connectivity index (χ2v) is 7.19. The molecule has 1 aliphatic rings. The molecule has 2 aromatic rings. The molecule has 2 aromatic heterocycles. The molecular weight excluding hydrogens is 306 g/mol. The van der Waals surface area contributed by atoms with Crippen LogP contribution < -0.4 is 5.32 Å². The summed E-state index contributed by atoms with van der Waals surface area (Å²) in [5.74, 6) is 0.500. The third kappa shape index (κ3) is 3.25. The summed E-state index contributed by atoms with van der Waals surface area (Å²) in [6.07, 6.45) is 3.81. The molecular formula is C17H23N5O2. The molecule has 0 spiro atoms. The van der Waals surface area contributed by atoms with E-state index in [9.17, 15) is 9.59 Å². The van der Waals surface area contributed by atoms with Crippen molar-refractivity contribution >= 4 is 17.5 Å². The molecule has 0 radical (unpaired) electrons. The lowest BCUT2D eigenvalue weighted by Crippen LogP contribution is -2.38. The maximum absolute atomic E-state index is 12.4. The van der Waals surface area contributed by atoms with Gasteiger partial charge in [0.25, 0.3) is 5.91 Å². The smallest absolute Gasteiger partial charge is 0.253 e. The molecule has 3 heterocycles. The second-order valence-electron chi connectivity index (χ2n) is 7.19. The van der Waals surface area contributed by atoms with Crippen LogP contribution in [0.1, 0.15) is 49.8 Å². The van der Waals surface area contributed by atoms with Crippen molar-refractivity contribution in [1.82, 2.24) is 24.8 Å². The van der Waals surface area contributed by atoms with Crippen LogP contribution in [0.15, 0.2) is 18.3 Å². The van der Waals surface area contributed by atoms with Gasteiger partial charge >= 0.3 is 0 Å². The number of hydrogen-bond donors (Lipinski definition) is 1. The Morgan fingerprint density at radius 3 is 2.54 bits per heavy atom. The number of amides is 2. The van der Waals surface area contributed by atoms with Crippen LogP contribution in [0.5, 0.6) is 0 Å². The number of rotatable bonds is 3. The zero-order valence-electron chi connectivity index (χ0n) is 14.4. The first kappa shape index (κ1) is 16.4. The summed E-state index contributed by atoms with van der Waals surface area (Å²) in [5, 5.41) is 11.1. The first-order valence-corrected chi connectivity index (χ1v) is 8.27. The van der Waals surface area contributed by atoms with Crippen LogP contribution in [0.2, 0.25) is 0 Å². The summed E-state index contributed by atoms with van der Waals surface area (Å²) in [5.41, 5.74) is 1.01. The van der Waals surface area contributed by atoms with E-state index in [0.29, 0.717) is 11.2 Å². The Hall–Kier alpha value is -2.44. The lowest BCUT2D eigenvalue weighted by Gasteiger charge is -2.16. The van der Waals surface area contributed by atoms with Crippen LogP contribution in [-0.2, 0) is 10.2 Å². The first-order valence-electron chi connectivity index (χ1n) is 8.27. The van der Waals surface area contributed by atoms with E-state index in [2.05, 4.69) is 15.5 Å². The van der Waals surface area contributed by atoms with Crippen molar-refractivity contribution in [3.8, 4) is 0 Å². The van der Waals surface area contributed by atoms with Crippen molar-refractivity contribution in [2.24, 2.45) is 0 Å². The normalized spacial score (nSPS) is 15.0. The number of carbonyl (C=O) groups is 2. The van der Waals surface area contributed by atoms with Gasteiger partial charge < -0.3 is 10.2 Å². The van der Waals surface area contributed by atoms with Crippen LogP contribution in [-0.4, -0.2) is 50.9 Å². The van der Waals surface area contributed by atoms with Gasteiger partial charge in [-0.05, 0) is 25.0 Å². The van der Waals surface area contributed by atoms with E-state index in [1.807, 2.05) is 25.2 Å². The molecule has 0 unspecified atom stereocenters. The van der Waals surface area contributed by atoms with E-state index in [0.717, 1.165) is 31.8 Å². The second kappa shape index (κ2) is 6.22. The van der Waals surface area contributed by atoms with Gasteiger partial charge in [-0.3, -0.25) is 14.0 Å². The summed E-state index contributed by atoms with van der Waals surface area (Å²) >= 11 is 0. The molecule has 2 amide bonds. The maximum Gasteiger partial charge on any atom is 0.253 e. The van der Waals surface area contributed by atoms with E-state index >= 15 is 0 Å². The average molecular weight is 329 g/mol. The number of carbonyl (C=O) groups excluding carboxylic acids is 2. The number of pyridine rings is 1. The lowest BCUT2D eigenvalue weighted by molar-refractivity contribution is -0.129.